The number of carbonyl (C=O) groups excluding carboxylic acids is 2. The highest BCUT2D eigenvalue weighted by Gasteiger charge is 2.35. The Morgan fingerprint density at radius 3 is 2.04 bits per heavy atom. The number of sulfonamides is 1. The smallest absolute Gasteiger partial charge is 0.264 e. The second kappa shape index (κ2) is 15.4. The van der Waals surface area contributed by atoms with E-state index in [1.165, 1.54) is 55.5 Å². The number of anilines is 1. The molecule has 0 aliphatic carbocycles. The summed E-state index contributed by atoms with van der Waals surface area (Å²) in [4.78, 5) is 29.3. The Labute approximate surface area is 269 Å². The van der Waals surface area contributed by atoms with Gasteiger partial charge in [0, 0.05) is 30.6 Å². The third-order valence-corrected chi connectivity index (χ3v) is 9.04. The molecule has 0 heterocycles. The van der Waals surface area contributed by atoms with Crippen molar-refractivity contribution >= 4 is 27.5 Å². The Hall–Kier alpha value is -4.90. The lowest BCUT2D eigenvalue weighted by Crippen LogP contribution is -2.54. The molecule has 0 fully saturated rings. The van der Waals surface area contributed by atoms with Crippen molar-refractivity contribution in [2.45, 2.75) is 43.8 Å². The lowest BCUT2D eigenvalue weighted by molar-refractivity contribution is -0.140. The van der Waals surface area contributed by atoms with Gasteiger partial charge in [-0.15, -0.1) is 0 Å². The van der Waals surface area contributed by atoms with Crippen LogP contribution in [-0.2, 0) is 32.6 Å². The SMILES string of the molecule is COc1ccc(S(=O)(=O)N(CC(=O)N(Cc2ccccc2F)[C@H](Cc2ccccc2)C(=O)NC(C)C)c2ccccc2)cc1OC. The maximum absolute atomic E-state index is 15.0. The molecule has 0 unspecified atom stereocenters. The summed E-state index contributed by atoms with van der Waals surface area (Å²) in [5, 5.41) is 2.88. The van der Waals surface area contributed by atoms with E-state index < -0.39 is 40.2 Å². The molecule has 0 saturated heterocycles. The first-order valence-electron chi connectivity index (χ1n) is 14.7. The van der Waals surface area contributed by atoms with Gasteiger partial charge in [0.2, 0.25) is 11.8 Å². The second-order valence-electron chi connectivity index (χ2n) is 10.8. The van der Waals surface area contributed by atoms with Gasteiger partial charge in [-0.3, -0.25) is 13.9 Å². The lowest BCUT2D eigenvalue weighted by Gasteiger charge is -2.34. The number of carbonyl (C=O) groups is 2. The number of halogens is 1. The van der Waals surface area contributed by atoms with Crippen LogP contribution in [0.3, 0.4) is 0 Å². The highest BCUT2D eigenvalue weighted by Crippen LogP contribution is 2.32. The van der Waals surface area contributed by atoms with Crippen molar-refractivity contribution in [1.29, 1.82) is 0 Å². The molecule has 46 heavy (non-hydrogen) atoms. The molecule has 1 N–H and O–H groups in total. The van der Waals surface area contributed by atoms with Crippen molar-refractivity contribution in [3.63, 3.8) is 0 Å². The van der Waals surface area contributed by atoms with Crippen LogP contribution in [-0.4, -0.2) is 58.0 Å². The van der Waals surface area contributed by atoms with Crippen LogP contribution in [0.15, 0.2) is 108 Å². The zero-order valence-electron chi connectivity index (χ0n) is 26.2. The summed E-state index contributed by atoms with van der Waals surface area (Å²) in [5.74, 6) is -1.17. The van der Waals surface area contributed by atoms with Gasteiger partial charge in [-0.25, -0.2) is 12.8 Å². The van der Waals surface area contributed by atoms with E-state index >= 15 is 4.39 Å². The Morgan fingerprint density at radius 2 is 1.43 bits per heavy atom. The first kappa shape index (κ1) is 34.0. The van der Waals surface area contributed by atoms with Gasteiger partial charge < -0.3 is 19.7 Å². The maximum atomic E-state index is 15.0. The number of para-hydroxylation sites is 1. The normalized spacial score (nSPS) is 11.9. The minimum Gasteiger partial charge on any atom is -0.493 e. The molecule has 242 valence electrons. The number of amides is 2. The molecule has 0 saturated carbocycles. The Bertz CT molecular complexity index is 1740. The van der Waals surface area contributed by atoms with E-state index in [4.69, 9.17) is 9.47 Å². The summed E-state index contributed by atoms with van der Waals surface area (Å²) in [7, 11) is -1.54. The quantitative estimate of drug-likeness (QED) is 0.202. The Kier molecular flexibility index (Phi) is 11.4. The number of rotatable bonds is 14. The maximum Gasteiger partial charge on any atom is 0.264 e. The standard InChI is InChI=1S/C35H38FN3O6S/c1-25(2)37-35(41)31(21-26-13-7-5-8-14-26)38(23-27-15-11-12-18-30(27)36)34(40)24-39(28-16-9-6-10-17-28)46(42,43)29-19-20-32(44-3)33(22-29)45-4/h5-20,22,25,31H,21,23-24H2,1-4H3,(H,37,41)/t31-/m1/s1. The minimum atomic E-state index is -4.37. The predicted molar refractivity (Wildman–Crippen MR) is 175 cm³/mol. The lowest BCUT2D eigenvalue weighted by atomic mass is 10.0. The Morgan fingerprint density at radius 1 is 0.826 bits per heavy atom. The van der Waals surface area contributed by atoms with Crippen LogP contribution in [0.5, 0.6) is 11.5 Å². The van der Waals surface area contributed by atoms with Crippen molar-refractivity contribution in [2.75, 3.05) is 25.1 Å². The topological polar surface area (TPSA) is 105 Å². The summed E-state index contributed by atoms with van der Waals surface area (Å²) in [6.07, 6.45) is 0.118. The molecule has 0 aliphatic rings. The fourth-order valence-corrected chi connectivity index (χ4v) is 6.40. The van der Waals surface area contributed by atoms with Gasteiger partial charge in [-0.2, -0.15) is 0 Å². The number of benzene rings is 4. The number of methoxy groups -OCH3 is 2. The number of ether oxygens (including phenoxy) is 2. The molecular formula is C35H38FN3O6S. The van der Waals surface area contributed by atoms with E-state index in [1.54, 1.807) is 50.2 Å². The summed E-state index contributed by atoms with van der Waals surface area (Å²) in [6.45, 7) is 2.66. The molecule has 4 rings (SSSR count). The molecular weight excluding hydrogens is 609 g/mol. The van der Waals surface area contributed by atoms with Crippen molar-refractivity contribution in [3.8, 4) is 11.5 Å². The first-order chi connectivity index (χ1) is 22.0. The van der Waals surface area contributed by atoms with Crippen LogP contribution in [0.1, 0.15) is 25.0 Å². The molecule has 4 aromatic carbocycles. The summed E-state index contributed by atoms with van der Waals surface area (Å²) < 4.78 is 55.1. The van der Waals surface area contributed by atoms with Gasteiger partial charge in [0.1, 0.15) is 18.4 Å². The van der Waals surface area contributed by atoms with Crippen molar-refractivity contribution in [1.82, 2.24) is 10.2 Å². The number of nitrogens with zero attached hydrogens (tertiary/aromatic N) is 2. The average Bonchev–Trinajstić information content (AvgIpc) is 3.06. The highest BCUT2D eigenvalue weighted by molar-refractivity contribution is 7.92. The van der Waals surface area contributed by atoms with Crippen molar-refractivity contribution in [2.24, 2.45) is 0 Å². The Balaban J connectivity index is 1.82. The fourth-order valence-electron chi connectivity index (χ4n) is 4.97. The zero-order valence-corrected chi connectivity index (χ0v) is 27.0. The van der Waals surface area contributed by atoms with E-state index in [1.807, 2.05) is 30.3 Å². The number of nitrogens with one attached hydrogen (secondary N) is 1. The van der Waals surface area contributed by atoms with Gasteiger partial charge in [0.05, 0.1) is 24.8 Å². The molecule has 0 bridgehead atoms. The van der Waals surface area contributed by atoms with Crippen LogP contribution < -0.4 is 19.1 Å². The third kappa shape index (κ3) is 8.22. The van der Waals surface area contributed by atoms with Gasteiger partial charge in [0.15, 0.2) is 11.5 Å². The third-order valence-electron chi connectivity index (χ3n) is 7.27. The number of hydrogen-bond acceptors (Lipinski definition) is 6. The van der Waals surface area contributed by atoms with E-state index in [2.05, 4.69) is 5.32 Å². The highest BCUT2D eigenvalue weighted by atomic mass is 32.2. The van der Waals surface area contributed by atoms with Gasteiger partial charge in [0.25, 0.3) is 10.0 Å². The van der Waals surface area contributed by atoms with E-state index in [9.17, 15) is 18.0 Å². The molecule has 4 aromatic rings. The number of hydrogen-bond donors (Lipinski definition) is 1. The molecule has 1 atom stereocenters. The van der Waals surface area contributed by atoms with Crippen LogP contribution in [0, 0.1) is 5.82 Å². The largest absolute Gasteiger partial charge is 0.493 e. The zero-order chi connectivity index (χ0) is 33.3. The van der Waals surface area contributed by atoms with E-state index in [0.717, 1.165) is 9.87 Å². The van der Waals surface area contributed by atoms with E-state index in [0.29, 0.717) is 5.75 Å². The molecule has 0 spiro atoms. The molecule has 9 nitrogen and oxygen atoms in total. The predicted octanol–water partition coefficient (Wildman–Crippen LogP) is 5.20. The van der Waals surface area contributed by atoms with Crippen LogP contribution in [0.25, 0.3) is 0 Å². The van der Waals surface area contributed by atoms with Crippen LogP contribution in [0.2, 0.25) is 0 Å². The monoisotopic (exact) mass is 647 g/mol. The van der Waals surface area contributed by atoms with Crippen molar-refractivity contribution < 1.29 is 31.9 Å². The fraction of sp³-hybridized carbons (Fsp3) is 0.257. The summed E-state index contributed by atoms with van der Waals surface area (Å²) in [5.41, 5.74) is 1.18. The summed E-state index contributed by atoms with van der Waals surface area (Å²) >= 11 is 0. The molecule has 11 heteroatoms. The van der Waals surface area contributed by atoms with Crippen LogP contribution in [0.4, 0.5) is 10.1 Å². The summed E-state index contributed by atoms with van der Waals surface area (Å²) in [6, 6.07) is 26.1. The molecule has 0 aliphatic heterocycles. The minimum absolute atomic E-state index is 0.118. The average molecular weight is 648 g/mol. The molecule has 0 aromatic heterocycles. The van der Waals surface area contributed by atoms with Crippen molar-refractivity contribution in [3.05, 3.63) is 120 Å². The molecule has 2 amide bonds. The van der Waals surface area contributed by atoms with Gasteiger partial charge in [-0.1, -0.05) is 66.7 Å². The first-order valence-corrected chi connectivity index (χ1v) is 16.2. The van der Waals surface area contributed by atoms with E-state index in [-0.39, 0.29) is 40.9 Å². The van der Waals surface area contributed by atoms with Gasteiger partial charge >= 0.3 is 0 Å². The van der Waals surface area contributed by atoms with Crippen LogP contribution >= 0.6 is 0 Å². The second-order valence-corrected chi connectivity index (χ2v) is 12.7. The van der Waals surface area contributed by atoms with Gasteiger partial charge in [-0.05, 0) is 49.7 Å². The molecule has 0 radical (unpaired) electrons.